The highest BCUT2D eigenvalue weighted by molar-refractivity contribution is 5.87. The van der Waals surface area contributed by atoms with Gasteiger partial charge < -0.3 is 20.1 Å². The number of nitrogens with zero attached hydrogens (tertiary/aromatic N) is 1. The number of nitrogens with one attached hydrogen (secondary N) is 1. The van der Waals surface area contributed by atoms with Crippen molar-refractivity contribution >= 4 is 17.8 Å². The summed E-state index contributed by atoms with van der Waals surface area (Å²) >= 11 is 0. The Balaban J connectivity index is 2.66. The molecule has 2 N–H and O–H groups in total. The number of carbonyl (C=O) groups excluding carboxylic acids is 2. The first-order valence-corrected chi connectivity index (χ1v) is 6.54. The number of carbonyl (C=O) groups is 3. The maximum absolute atomic E-state index is 12.2. The van der Waals surface area contributed by atoms with E-state index in [0.717, 1.165) is 0 Å². The summed E-state index contributed by atoms with van der Waals surface area (Å²) in [5.74, 6) is -1.76. The van der Waals surface area contributed by atoms with E-state index >= 15 is 0 Å². The number of aliphatic carboxylic acids is 1. The van der Waals surface area contributed by atoms with Crippen LogP contribution in [0, 0.1) is 5.92 Å². The summed E-state index contributed by atoms with van der Waals surface area (Å²) in [5.41, 5.74) is -0.968. The zero-order chi connectivity index (χ0) is 15.3. The van der Waals surface area contributed by atoms with Crippen LogP contribution in [0.15, 0.2) is 0 Å². The molecule has 20 heavy (non-hydrogen) atoms. The van der Waals surface area contributed by atoms with Crippen molar-refractivity contribution in [1.29, 1.82) is 0 Å². The Bertz CT molecular complexity index is 398. The van der Waals surface area contributed by atoms with Gasteiger partial charge in [-0.3, -0.25) is 14.4 Å². The van der Waals surface area contributed by atoms with Crippen LogP contribution in [-0.4, -0.2) is 60.6 Å². The van der Waals surface area contributed by atoms with Gasteiger partial charge in [-0.05, 0) is 13.3 Å². The number of hydrogen-bond acceptors (Lipinski definition) is 4. The molecule has 0 aliphatic carbocycles. The highest BCUT2D eigenvalue weighted by Crippen LogP contribution is 2.19. The van der Waals surface area contributed by atoms with Crippen molar-refractivity contribution in [2.75, 3.05) is 27.3 Å². The van der Waals surface area contributed by atoms with Crippen molar-refractivity contribution in [3.63, 3.8) is 0 Å². The van der Waals surface area contributed by atoms with Crippen LogP contribution < -0.4 is 5.32 Å². The number of carboxylic acids is 1. The highest BCUT2D eigenvalue weighted by Gasteiger charge is 2.34. The molecule has 0 bridgehead atoms. The fourth-order valence-corrected chi connectivity index (χ4v) is 2.35. The first-order chi connectivity index (χ1) is 9.27. The second kappa shape index (κ2) is 6.69. The predicted octanol–water partition coefficient (Wildman–Crippen LogP) is -0.149. The minimum atomic E-state index is -1.01. The Labute approximate surface area is 118 Å². The minimum absolute atomic E-state index is 0.0666. The molecule has 1 aliphatic rings. The first-order valence-electron chi connectivity index (χ1n) is 6.54. The molecule has 0 aromatic rings. The molecule has 0 saturated carbocycles. The van der Waals surface area contributed by atoms with Gasteiger partial charge in [-0.25, -0.2) is 0 Å². The molecule has 1 saturated heterocycles. The van der Waals surface area contributed by atoms with Crippen molar-refractivity contribution in [1.82, 2.24) is 10.2 Å². The zero-order valence-corrected chi connectivity index (χ0v) is 12.1. The molecule has 0 aromatic carbocycles. The van der Waals surface area contributed by atoms with E-state index in [4.69, 9.17) is 9.84 Å². The maximum Gasteiger partial charge on any atom is 0.305 e. The molecule has 7 nitrogen and oxygen atoms in total. The van der Waals surface area contributed by atoms with Gasteiger partial charge in [0.15, 0.2) is 0 Å². The van der Waals surface area contributed by atoms with Crippen LogP contribution in [0.2, 0.25) is 0 Å². The monoisotopic (exact) mass is 286 g/mol. The molecule has 0 spiro atoms. The second-order valence-electron chi connectivity index (χ2n) is 5.56. The van der Waals surface area contributed by atoms with E-state index in [1.54, 1.807) is 18.9 Å². The molecule has 1 aliphatic heterocycles. The number of carboxylic acid groups (broad SMARTS) is 1. The van der Waals surface area contributed by atoms with Crippen molar-refractivity contribution in [2.24, 2.45) is 5.92 Å². The summed E-state index contributed by atoms with van der Waals surface area (Å²) in [7, 11) is 3.15. The predicted molar refractivity (Wildman–Crippen MR) is 71.0 cm³/mol. The quantitative estimate of drug-likeness (QED) is 0.708. The van der Waals surface area contributed by atoms with Crippen LogP contribution in [-0.2, 0) is 19.1 Å². The van der Waals surface area contributed by atoms with Crippen LogP contribution >= 0.6 is 0 Å². The zero-order valence-electron chi connectivity index (χ0n) is 12.1. The Hall–Kier alpha value is -1.63. The average Bonchev–Trinajstić information content (AvgIpc) is 2.31. The van der Waals surface area contributed by atoms with Gasteiger partial charge in [-0.2, -0.15) is 0 Å². The Morgan fingerprint density at radius 3 is 2.70 bits per heavy atom. The summed E-state index contributed by atoms with van der Waals surface area (Å²) in [5, 5.41) is 11.6. The lowest BCUT2D eigenvalue weighted by Gasteiger charge is -2.33. The molecule has 2 unspecified atom stereocenters. The van der Waals surface area contributed by atoms with Crippen LogP contribution in [0.1, 0.15) is 26.2 Å². The summed E-state index contributed by atoms with van der Waals surface area (Å²) in [4.78, 5) is 36.3. The number of ether oxygens (including phenoxy) is 1. The SMILES string of the molecule is COCC(C)(CC(=O)O)NC(=O)C1CCN(C)C(=O)C1. The van der Waals surface area contributed by atoms with Gasteiger partial charge in [-0.1, -0.05) is 0 Å². The standard InChI is InChI=1S/C13H22N2O5/c1-13(8-20-3,7-11(17)18)14-12(19)9-4-5-15(2)10(16)6-9/h9H,4-8H2,1-3H3,(H,14,19)(H,17,18). The number of hydrogen-bond donors (Lipinski definition) is 2. The first kappa shape index (κ1) is 16.4. The molecule has 0 aromatic heterocycles. The third kappa shape index (κ3) is 4.48. The summed E-state index contributed by atoms with van der Waals surface area (Å²) in [6.07, 6.45) is 0.524. The van der Waals surface area contributed by atoms with Crippen molar-refractivity contribution in [3.05, 3.63) is 0 Å². The normalized spacial score (nSPS) is 22.2. The Kier molecular flexibility index (Phi) is 5.50. The topological polar surface area (TPSA) is 95.9 Å². The summed E-state index contributed by atoms with van der Waals surface area (Å²) in [6.45, 7) is 2.27. The van der Waals surface area contributed by atoms with Crippen molar-refractivity contribution in [2.45, 2.75) is 31.7 Å². The fraction of sp³-hybridized carbons (Fsp3) is 0.769. The van der Waals surface area contributed by atoms with E-state index in [1.807, 2.05) is 0 Å². The smallest absolute Gasteiger partial charge is 0.305 e. The lowest BCUT2D eigenvalue weighted by Crippen LogP contribution is -2.54. The molecule has 1 fully saturated rings. The fourth-order valence-electron chi connectivity index (χ4n) is 2.35. The average molecular weight is 286 g/mol. The number of amides is 2. The second-order valence-corrected chi connectivity index (χ2v) is 5.56. The molecule has 1 rings (SSSR count). The third-order valence-corrected chi connectivity index (χ3v) is 3.46. The van der Waals surface area contributed by atoms with Gasteiger partial charge in [0.25, 0.3) is 0 Å². The molecule has 7 heteroatoms. The van der Waals surface area contributed by atoms with Gasteiger partial charge in [-0.15, -0.1) is 0 Å². The van der Waals surface area contributed by atoms with E-state index in [2.05, 4.69) is 5.32 Å². The van der Waals surface area contributed by atoms with Gasteiger partial charge >= 0.3 is 5.97 Å². The molecular weight excluding hydrogens is 264 g/mol. The number of likely N-dealkylation sites (tertiary alicyclic amines) is 1. The number of rotatable bonds is 6. The number of piperidine rings is 1. The Morgan fingerprint density at radius 1 is 1.55 bits per heavy atom. The molecule has 114 valence electrons. The summed E-state index contributed by atoms with van der Waals surface area (Å²) in [6, 6.07) is 0. The summed E-state index contributed by atoms with van der Waals surface area (Å²) < 4.78 is 4.98. The van der Waals surface area contributed by atoms with Crippen LogP contribution in [0.3, 0.4) is 0 Å². The lowest BCUT2D eigenvalue weighted by atomic mass is 9.92. The molecule has 2 atom stereocenters. The molecule has 1 heterocycles. The van der Waals surface area contributed by atoms with Gasteiger partial charge in [0.1, 0.15) is 0 Å². The van der Waals surface area contributed by atoms with E-state index in [1.165, 1.54) is 7.11 Å². The van der Waals surface area contributed by atoms with Crippen molar-refractivity contribution in [3.8, 4) is 0 Å². The Morgan fingerprint density at radius 2 is 2.20 bits per heavy atom. The van der Waals surface area contributed by atoms with E-state index in [9.17, 15) is 14.4 Å². The van der Waals surface area contributed by atoms with Gasteiger partial charge in [0.2, 0.25) is 11.8 Å². The number of methoxy groups -OCH3 is 1. The highest BCUT2D eigenvalue weighted by atomic mass is 16.5. The van der Waals surface area contributed by atoms with Crippen molar-refractivity contribution < 1.29 is 24.2 Å². The van der Waals surface area contributed by atoms with E-state index in [0.29, 0.717) is 13.0 Å². The third-order valence-electron chi connectivity index (χ3n) is 3.46. The minimum Gasteiger partial charge on any atom is -0.481 e. The van der Waals surface area contributed by atoms with Gasteiger partial charge in [0, 0.05) is 33.0 Å². The molecule has 0 radical (unpaired) electrons. The van der Waals surface area contributed by atoms with Crippen LogP contribution in [0.4, 0.5) is 0 Å². The maximum atomic E-state index is 12.2. The van der Waals surface area contributed by atoms with Crippen LogP contribution in [0.5, 0.6) is 0 Å². The van der Waals surface area contributed by atoms with E-state index < -0.39 is 17.4 Å². The largest absolute Gasteiger partial charge is 0.481 e. The molecular formula is C13H22N2O5. The van der Waals surface area contributed by atoms with E-state index in [-0.39, 0.29) is 31.3 Å². The van der Waals surface area contributed by atoms with Gasteiger partial charge in [0.05, 0.1) is 18.6 Å². The molecule has 2 amide bonds. The van der Waals surface area contributed by atoms with Crippen LogP contribution in [0.25, 0.3) is 0 Å². The lowest BCUT2D eigenvalue weighted by molar-refractivity contribution is -0.142.